The molecule has 1 aliphatic carbocycles. The second kappa shape index (κ2) is 13.6. The number of fused-ring (bicyclic) bond motifs is 8. The van der Waals surface area contributed by atoms with Crippen LogP contribution in [0.25, 0.3) is 27.7 Å². The van der Waals surface area contributed by atoms with Crippen molar-refractivity contribution in [3.8, 4) is 17.0 Å². The molecule has 4 aliphatic rings. The zero-order chi connectivity index (χ0) is 37.1. The molecule has 278 valence electrons. The summed E-state index contributed by atoms with van der Waals surface area (Å²) in [4.78, 5) is 45.2. The van der Waals surface area contributed by atoms with Crippen LogP contribution in [0.1, 0.15) is 79.8 Å². The van der Waals surface area contributed by atoms with Gasteiger partial charge in [-0.15, -0.1) is 0 Å². The summed E-state index contributed by atoms with van der Waals surface area (Å²) in [7, 11) is 2.02. The molecule has 7 rings (SSSR count). The van der Waals surface area contributed by atoms with Gasteiger partial charge in [-0.05, 0) is 84.6 Å². The monoisotopic (exact) mass is 730 g/mol. The van der Waals surface area contributed by atoms with E-state index in [1.807, 2.05) is 28.0 Å². The van der Waals surface area contributed by atoms with Crippen LogP contribution in [0.2, 0.25) is 0 Å². The van der Waals surface area contributed by atoms with Crippen molar-refractivity contribution in [1.29, 1.82) is 0 Å². The Morgan fingerprint density at radius 2 is 1.79 bits per heavy atom. The number of urea groups is 1. The zero-order valence-electron chi connectivity index (χ0n) is 31.0. The van der Waals surface area contributed by atoms with Crippen LogP contribution < -0.4 is 14.8 Å². The maximum atomic E-state index is 15.0. The van der Waals surface area contributed by atoms with Gasteiger partial charge in [-0.2, -0.15) is 12.7 Å². The van der Waals surface area contributed by atoms with Gasteiger partial charge in [0.2, 0.25) is 5.91 Å². The molecule has 13 heteroatoms. The molecule has 3 aliphatic heterocycles. The Kier molecular flexibility index (Phi) is 9.39. The van der Waals surface area contributed by atoms with Crippen LogP contribution in [0.5, 0.6) is 5.75 Å². The van der Waals surface area contributed by atoms with Gasteiger partial charge in [0.15, 0.2) is 0 Å². The standard InChI is InChI=1S/C39H50N6O6S/c1-7-10-24(11-8-2)34-29-15-13-25(36(46)41-52(49,50)42(4)5)18-32(29)45-23-39(20-31(39)30-19-27(51-6)14-16-28(30)35(34)45)37(47)43-21-26-12-9-17-44(33(26)22-43)38(48)40-3/h13-16,18-20,24,26,33H,7-12,17,21-23H2,1-6H3,(H,40,48)(H,41,46). The average molecular weight is 731 g/mol. The van der Waals surface area contributed by atoms with E-state index >= 15 is 4.79 Å². The van der Waals surface area contributed by atoms with E-state index in [9.17, 15) is 18.0 Å². The predicted octanol–water partition coefficient (Wildman–Crippen LogP) is 5.20. The molecule has 2 N–H and O–H groups in total. The van der Waals surface area contributed by atoms with E-state index in [1.54, 1.807) is 26.3 Å². The minimum atomic E-state index is -4.02. The third kappa shape index (κ3) is 5.85. The van der Waals surface area contributed by atoms with Gasteiger partial charge in [-0.25, -0.2) is 9.52 Å². The fourth-order valence-electron chi connectivity index (χ4n) is 9.04. The highest BCUT2D eigenvalue weighted by Gasteiger charge is 2.58. The van der Waals surface area contributed by atoms with Crippen molar-refractivity contribution in [3.05, 3.63) is 59.2 Å². The molecular weight excluding hydrogens is 681 g/mol. The first-order chi connectivity index (χ1) is 24.9. The van der Waals surface area contributed by atoms with Crippen LogP contribution in [0.3, 0.4) is 0 Å². The number of piperidine rings is 1. The molecule has 52 heavy (non-hydrogen) atoms. The first-order valence-corrected chi connectivity index (χ1v) is 19.9. The van der Waals surface area contributed by atoms with Crippen LogP contribution in [0, 0.1) is 11.3 Å². The summed E-state index contributed by atoms with van der Waals surface area (Å²) in [6, 6.07) is 11.3. The quantitative estimate of drug-likeness (QED) is 0.295. The summed E-state index contributed by atoms with van der Waals surface area (Å²) in [5, 5.41) is 3.78. The number of hydrogen-bond acceptors (Lipinski definition) is 6. The number of methoxy groups -OCH3 is 1. The van der Waals surface area contributed by atoms with E-state index in [-0.39, 0.29) is 35.4 Å². The number of amides is 4. The number of benzene rings is 2. The lowest BCUT2D eigenvalue weighted by molar-refractivity contribution is -0.135. The Balaban J connectivity index is 1.39. The molecule has 12 nitrogen and oxygen atoms in total. The molecule has 3 unspecified atom stereocenters. The molecule has 2 saturated heterocycles. The topological polar surface area (TPSA) is 133 Å². The van der Waals surface area contributed by atoms with Crippen molar-refractivity contribution in [2.75, 3.05) is 47.9 Å². The molecule has 0 spiro atoms. The van der Waals surface area contributed by atoms with Gasteiger partial charge < -0.3 is 24.4 Å². The molecule has 1 aromatic heterocycles. The summed E-state index contributed by atoms with van der Waals surface area (Å²) in [5.41, 5.74) is 5.21. The first kappa shape index (κ1) is 36.0. The Hall–Kier alpha value is -4.36. The second-order valence-corrected chi connectivity index (χ2v) is 16.8. The number of carbonyl (C=O) groups excluding carboxylic acids is 3. The Labute approximate surface area is 306 Å². The maximum absolute atomic E-state index is 15.0. The van der Waals surface area contributed by atoms with Crippen LogP contribution in [0.4, 0.5) is 4.79 Å². The van der Waals surface area contributed by atoms with Crippen LogP contribution in [0.15, 0.2) is 42.5 Å². The summed E-state index contributed by atoms with van der Waals surface area (Å²) in [6.07, 6.45) is 7.88. The second-order valence-electron chi connectivity index (χ2n) is 14.9. The predicted molar refractivity (Wildman–Crippen MR) is 201 cm³/mol. The maximum Gasteiger partial charge on any atom is 0.317 e. The zero-order valence-corrected chi connectivity index (χ0v) is 31.8. The van der Waals surface area contributed by atoms with Crippen molar-refractivity contribution in [2.45, 2.75) is 70.9 Å². The highest BCUT2D eigenvalue weighted by atomic mass is 32.2. The molecule has 4 amide bonds. The highest BCUT2D eigenvalue weighted by Crippen LogP contribution is 2.60. The molecule has 0 bridgehead atoms. The molecule has 0 saturated carbocycles. The van der Waals surface area contributed by atoms with E-state index in [2.05, 4.69) is 40.6 Å². The Morgan fingerprint density at radius 1 is 1.04 bits per heavy atom. The van der Waals surface area contributed by atoms with Crippen molar-refractivity contribution in [3.63, 3.8) is 0 Å². The lowest BCUT2D eigenvalue weighted by Crippen LogP contribution is -2.51. The van der Waals surface area contributed by atoms with Gasteiger partial charge in [0.25, 0.3) is 5.91 Å². The van der Waals surface area contributed by atoms with Gasteiger partial charge in [-0.3, -0.25) is 9.59 Å². The Bertz CT molecular complexity index is 2080. The number of carbonyl (C=O) groups is 3. The fourth-order valence-corrected chi connectivity index (χ4v) is 9.57. The largest absolute Gasteiger partial charge is 0.497 e. The van der Waals surface area contributed by atoms with Gasteiger partial charge in [0.05, 0.1) is 18.8 Å². The third-order valence-corrected chi connectivity index (χ3v) is 13.0. The molecule has 3 atom stereocenters. The fraction of sp³-hybridized carbons (Fsp3) is 0.513. The highest BCUT2D eigenvalue weighted by molar-refractivity contribution is 7.87. The molecule has 0 radical (unpaired) electrons. The smallest absolute Gasteiger partial charge is 0.317 e. The van der Waals surface area contributed by atoms with E-state index in [4.69, 9.17) is 4.74 Å². The van der Waals surface area contributed by atoms with E-state index in [0.29, 0.717) is 31.9 Å². The van der Waals surface area contributed by atoms with Gasteiger partial charge in [0.1, 0.15) is 11.2 Å². The van der Waals surface area contributed by atoms with Crippen LogP contribution >= 0.6 is 0 Å². The van der Waals surface area contributed by atoms with Gasteiger partial charge in [-0.1, -0.05) is 38.8 Å². The summed E-state index contributed by atoms with van der Waals surface area (Å²) < 4.78 is 36.4. The van der Waals surface area contributed by atoms with Crippen molar-refractivity contribution < 1.29 is 27.5 Å². The summed E-state index contributed by atoms with van der Waals surface area (Å²) >= 11 is 0. The number of ether oxygens (including phenoxy) is 1. The lowest BCUT2D eigenvalue weighted by atomic mass is 9.85. The molecule has 2 fully saturated rings. The average Bonchev–Trinajstić information content (AvgIpc) is 3.59. The number of nitrogens with one attached hydrogen (secondary N) is 2. The third-order valence-electron chi connectivity index (χ3n) is 11.6. The molecule has 3 aromatic rings. The van der Waals surface area contributed by atoms with Crippen molar-refractivity contribution in [1.82, 2.24) is 28.7 Å². The first-order valence-electron chi connectivity index (χ1n) is 18.5. The SMILES string of the molecule is CCCC(CCC)c1c2n(c3cc(C(=O)NS(=O)(=O)N(C)C)ccc13)CC1(C(=O)N3CC4CCCN(C(=O)NC)C4C3)C=C1c1cc(OC)ccc1-2. The van der Waals surface area contributed by atoms with Crippen LogP contribution in [-0.4, -0.2) is 98.9 Å². The number of rotatable bonds is 10. The molecule has 4 heterocycles. The number of aromatic nitrogens is 1. The van der Waals surface area contributed by atoms with Crippen LogP contribution in [-0.2, 0) is 21.5 Å². The van der Waals surface area contributed by atoms with E-state index < -0.39 is 21.5 Å². The van der Waals surface area contributed by atoms with E-state index in [1.165, 1.54) is 19.7 Å². The van der Waals surface area contributed by atoms with Gasteiger partial charge >= 0.3 is 16.2 Å². The van der Waals surface area contributed by atoms with Crippen molar-refractivity contribution in [2.24, 2.45) is 11.3 Å². The minimum absolute atomic E-state index is 0.0171. The summed E-state index contributed by atoms with van der Waals surface area (Å²) in [5.74, 6) is 0.437. The van der Waals surface area contributed by atoms with Gasteiger partial charge in [0, 0.05) is 69.4 Å². The minimum Gasteiger partial charge on any atom is -0.497 e. The molecule has 2 aromatic carbocycles. The normalized spacial score (nSPS) is 22.0. The Morgan fingerprint density at radius 3 is 2.46 bits per heavy atom. The molecular formula is C39H50N6O6S. The number of hydrogen-bond donors (Lipinski definition) is 2. The number of likely N-dealkylation sites (tertiary alicyclic amines) is 2. The van der Waals surface area contributed by atoms with Crippen molar-refractivity contribution >= 4 is 44.5 Å². The lowest BCUT2D eigenvalue weighted by Gasteiger charge is -2.36. The van der Waals surface area contributed by atoms with E-state index in [0.717, 1.165) is 76.1 Å². The summed E-state index contributed by atoms with van der Waals surface area (Å²) in [6.45, 7) is 6.47. The number of nitrogens with zero attached hydrogens (tertiary/aromatic N) is 4.